The standard InChI is InChI=1S/C17H25N5O4/c1-2-26-17(23)13-7-6-10-21(11-13)16-14(22(24)25)15(18-12-19-16)20-8-4-3-5-9-20/h12-13H,2-11H2,1H3. The molecule has 0 spiro atoms. The molecule has 2 fully saturated rings. The van der Waals surface area contributed by atoms with Crippen molar-refractivity contribution in [1.29, 1.82) is 0 Å². The molecule has 142 valence electrons. The molecule has 0 saturated carbocycles. The largest absolute Gasteiger partial charge is 0.466 e. The average molecular weight is 363 g/mol. The van der Waals surface area contributed by atoms with Gasteiger partial charge in [-0.2, -0.15) is 0 Å². The Bertz CT molecular complexity index is 663. The molecule has 0 N–H and O–H groups in total. The fraction of sp³-hybridized carbons (Fsp3) is 0.706. The van der Waals surface area contributed by atoms with Crippen molar-refractivity contribution in [3.63, 3.8) is 0 Å². The van der Waals surface area contributed by atoms with Gasteiger partial charge in [0.25, 0.3) is 0 Å². The zero-order chi connectivity index (χ0) is 18.5. The number of hydrogen-bond donors (Lipinski definition) is 0. The molecular weight excluding hydrogens is 338 g/mol. The van der Waals surface area contributed by atoms with E-state index in [4.69, 9.17) is 4.74 Å². The van der Waals surface area contributed by atoms with Crippen molar-refractivity contribution >= 4 is 23.3 Å². The van der Waals surface area contributed by atoms with Crippen molar-refractivity contribution in [2.24, 2.45) is 5.92 Å². The Balaban J connectivity index is 1.89. The summed E-state index contributed by atoms with van der Waals surface area (Å²) in [6.07, 6.45) is 6.03. The highest BCUT2D eigenvalue weighted by Gasteiger charge is 2.34. The van der Waals surface area contributed by atoms with Gasteiger partial charge in [0, 0.05) is 26.2 Å². The lowest BCUT2D eigenvalue weighted by molar-refractivity contribution is -0.383. The van der Waals surface area contributed by atoms with E-state index < -0.39 is 4.92 Å². The lowest BCUT2D eigenvalue weighted by atomic mass is 9.98. The molecule has 2 aliphatic rings. The van der Waals surface area contributed by atoms with Gasteiger partial charge >= 0.3 is 11.7 Å². The normalized spacial score (nSPS) is 20.7. The van der Waals surface area contributed by atoms with Crippen LogP contribution in [0.5, 0.6) is 0 Å². The van der Waals surface area contributed by atoms with Crippen molar-refractivity contribution in [1.82, 2.24) is 9.97 Å². The topological polar surface area (TPSA) is 102 Å². The van der Waals surface area contributed by atoms with Crippen LogP contribution in [0, 0.1) is 16.0 Å². The lowest BCUT2D eigenvalue weighted by Gasteiger charge is -2.33. The Labute approximate surface area is 152 Å². The van der Waals surface area contributed by atoms with Crippen LogP contribution in [0.3, 0.4) is 0 Å². The van der Waals surface area contributed by atoms with Gasteiger partial charge in [0.2, 0.25) is 11.6 Å². The number of nitro groups is 1. The molecule has 2 aliphatic heterocycles. The third-order valence-corrected chi connectivity index (χ3v) is 4.96. The maximum Gasteiger partial charge on any atom is 0.353 e. The Morgan fingerprint density at radius 2 is 1.85 bits per heavy atom. The second-order valence-electron chi connectivity index (χ2n) is 6.71. The molecule has 0 bridgehead atoms. The SMILES string of the molecule is CCOC(=O)C1CCCN(c2ncnc(N3CCCCC3)c2[N+](=O)[O-])C1. The maximum atomic E-state index is 12.1. The van der Waals surface area contributed by atoms with E-state index in [9.17, 15) is 14.9 Å². The molecule has 0 aliphatic carbocycles. The van der Waals surface area contributed by atoms with Crippen molar-refractivity contribution in [2.45, 2.75) is 39.0 Å². The van der Waals surface area contributed by atoms with Crippen LogP contribution in [0.25, 0.3) is 0 Å². The van der Waals surface area contributed by atoms with E-state index in [0.29, 0.717) is 31.3 Å². The first kappa shape index (κ1) is 18.3. The Morgan fingerprint density at radius 3 is 2.50 bits per heavy atom. The molecule has 1 aromatic heterocycles. The average Bonchev–Trinajstić information content (AvgIpc) is 2.68. The third kappa shape index (κ3) is 3.86. The zero-order valence-corrected chi connectivity index (χ0v) is 15.1. The van der Waals surface area contributed by atoms with Gasteiger partial charge in [0.15, 0.2) is 0 Å². The number of anilines is 2. The van der Waals surface area contributed by atoms with Gasteiger partial charge in [-0.3, -0.25) is 14.9 Å². The van der Waals surface area contributed by atoms with Crippen LogP contribution in [0.1, 0.15) is 39.0 Å². The molecule has 1 atom stereocenters. The zero-order valence-electron chi connectivity index (χ0n) is 15.1. The van der Waals surface area contributed by atoms with Gasteiger partial charge in [-0.15, -0.1) is 0 Å². The number of nitrogens with zero attached hydrogens (tertiary/aromatic N) is 5. The molecule has 3 rings (SSSR count). The summed E-state index contributed by atoms with van der Waals surface area (Å²) >= 11 is 0. The molecule has 2 saturated heterocycles. The van der Waals surface area contributed by atoms with Crippen LogP contribution >= 0.6 is 0 Å². The number of rotatable bonds is 5. The number of hydrogen-bond acceptors (Lipinski definition) is 8. The minimum absolute atomic E-state index is 0.0566. The Hall–Kier alpha value is -2.45. The molecule has 0 radical (unpaired) electrons. The first-order valence-corrected chi connectivity index (χ1v) is 9.27. The quantitative estimate of drug-likeness (QED) is 0.445. The van der Waals surface area contributed by atoms with Crippen LogP contribution in [-0.2, 0) is 9.53 Å². The van der Waals surface area contributed by atoms with E-state index in [-0.39, 0.29) is 17.6 Å². The van der Waals surface area contributed by atoms with Crippen molar-refractivity contribution in [3.8, 4) is 0 Å². The highest BCUT2D eigenvalue weighted by atomic mass is 16.6. The van der Waals surface area contributed by atoms with E-state index in [1.807, 2.05) is 9.80 Å². The van der Waals surface area contributed by atoms with Crippen LogP contribution in [0.15, 0.2) is 6.33 Å². The fourth-order valence-corrected chi connectivity index (χ4v) is 3.71. The lowest BCUT2D eigenvalue weighted by Crippen LogP contribution is -2.40. The van der Waals surface area contributed by atoms with Gasteiger partial charge in [-0.1, -0.05) is 0 Å². The molecule has 1 unspecified atom stereocenters. The number of carbonyl (C=O) groups is 1. The van der Waals surface area contributed by atoms with Crippen molar-refractivity contribution in [2.75, 3.05) is 42.6 Å². The maximum absolute atomic E-state index is 12.1. The van der Waals surface area contributed by atoms with E-state index >= 15 is 0 Å². The van der Waals surface area contributed by atoms with Crippen molar-refractivity contribution < 1.29 is 14.5 Å². The first-order chi connectivity index (χ1) is 12.6. The summed E-state index contributed by atoms with van der Waals surface area (Å²) in [5.74, 6) is 0.166. The second kappa shape index (κ2) is 8.29. The summed E-state index contributed by atoms with van der Waals surface area (Å²) in [6.45, 7) is 4.66. The van der Waals surface area contributed by atoms with E-state index in [1.165, 1.54) is 6.33 Å². The third-order valence-electron chi connectivity index (χ3n) is 4.96. The molecular formula is C17H25N5O4. The number of esters is 1. The van der Waals surface area contributed by atoms with Crippen LogP contribution < -0.4 is 9.80 Å². The van der Waals surface area contributed by atoms with E-state index in [0.717, 1.165) is 45.2 Å². The van der Waals surface area contributed by atoms with Crippen LogP contribution in [-0.4, -0.2) is 53.6 Å². The molecule has 3 heterocycles. The molecule has 0 aromatic carbocycles. The summed E-state index contributed by atoms with van der Waals surface area (Å²) in [5, 5.41) is 11.8. The molecule has 9 nitrogen and oxygen atoms in total. The molecule has 1 aromatic rings. The summed E-state index contributed by atoms with van der Waals surface area (Å²) in [7, 11) is 0. The van der Waals surface area contributed by atoms with E-state index in [1.54, 1.807) is 6.92 Å². The summed E-state index contributed by atoms with van der Waals surface area (Å²) in [6, 6.07) is 0. The minimum atomic E-state index is -0.396. The van der Waals surface area contributed by atoms with Crippen LogP contribution in [0.4, 0.5) is 17.3 Å². The van der Waals surface area contributed by atoms with Gasteiger partial charge < -0.3 is 14.5 Å². The number of carbonyl (C=O) groups excluding carboxylic acids is 1. The van der Waals surface area contributed by atoms with Gasteiger partial charge in [-0.05, 0) is 39.0 Å². The monoisotopic (exact) mass is 363 g/mol. The van der Waals surface area contributed by atoms with Crippen LogP contribution in [0.2, 0.25) is 0 Å². The minimum Gasteiger partial charge on any atom is -0.466 e. The highest BCUT2D eigenvalue weighted by molar-refractivity contribution is 5.75. The smallest absolute Gasteiger partial charge is 0.353 e. The highest BCUT2D eigenvalue weighted by Crippen LogP contribution is 2.37. The summed E-state index contributed by atoms with van der Waals surface area (Å²) in [4.78, 5) is 35.7. The number of piperidine rings is 2. The van der Waals surface area contributed by atoms with Crippen molar-refractivity contribution in [3.05, 3.63) is 16.4 Å². The first-order valence-electron chi connectivity index (χ1n) is 9.27. The van der Waals surface area contributed by atoms with E-state index in [2.05, 4.69) is 9.97 Å². The predicted molar refractivity (Wildman–Crippen MR) is 96.3 cm³/mol. The molecule has 9 heteroatoms. The predicted octanol–water partition coefficient (Wildman–Crippen LogP) is 2.15. The molecule has 26 heavy (non-hydrogen) atoms. The van der Waals surface area contributed by atoms with Gasteiger partial charge in [0.05, 0.1) is 17.4 Å². The number of aromatic nitrogens is 2. The fourth-order valence-electron chi connectivity index (χ4n) is 3.71. The van der Waals surface area contributed by atoms with Gasteiger partial charge in [0.1, 0.15) is 6.33 Å². The Kier molecular flexibility index (Phi) is 5.85. The van der Waals surface area contributed by atoms with Gasteiger partial charge in [-0.25, -0.2) is 9.97 Å². The molecule has 0 amide bonds. The second-order valence-corrected chi connectivity index (χ2v) is 6.71. The summed E-state index contributed by atoms with van der Waals surface area (Å²) in [5.41, 5.74) is -0.0566. The number of ether oxygens (including phenoxy) is 1. The summed E-state index contributed by atoms with van der Waals surface area (Å²) < 4.78 is 5.12. The Morgan fingerprint density at radius 1 is 1.19 bits per heavy atom.